The molecule has 3 heteroatoms. The van der Waals surface area contributed by atoms with Crippen molar-refractivity contribution in [2.45, 2.75) is 80.1 Å². The molecule has 1 radical (unpaired) electrons. The van der Waals surface area contributed by atoms with E-state index in [-0.39, 0.29) is 67.3 Å². The Morgan fingerprint density at radius 1 is 0.660 bits per heavy atom. The van der Waals surface area contributed by atoms with Crippen molar-refractivity contribution in [3.63, 3.8) is 0 Å². The molecule has 4 aromatic carbocycles. The molecule has 0 aliphatic heterocycles. The van der Waals surface area contributed by atoms with E-state index in [2.05, 4.69) is 172 Å². The van der Waals surface area contributed by atoms with Crippen LogP contribution in [0.15, 0.2) is 103 Å². The Morgan fingerprint density at radius 2 is 1.21 bits per heavy atom. The molecule has 0 aromatic heterocycles. The van der Waals surface area contributed by atoms with Gasteiger partial charge in [0.15, 0.2) is 0 Å². The second-order valence-electron chi connectivity index (χ2n) is 15.9. The molecule has 0 fully saturated rings. The summed E-state index contributed by atoms with van der Waals surface area (Å²) in [5, 5.41) is 2.57. The van der Waals surface area contributed by atoms with Gasteiger partial charge < -0.3 is 24.8 Å². The van der Waals surface area contributed by atoms with Gasteiger partial charge in [0.25, 0.3) is 0 Å². The van der Waals surface area contributed by atoms with Crippen molar-refractivity contribution in [1.29, 1.82) is 0 Å². The number of fused-ring (bicyclic) bond motifs is 3. The summed E-state index contributed by atoms with van der Waals surface area (Å²) >= 11 is 0. The van der Waals surface area contributed by atoms with Crippen LogP contribution in [-0.2, 0) is 37.0 Å². The number of hydrogen-bond donors (Lipinski definition) is 0. The quantitative estimate of drug-likeness (QED) is 0.244. The molecule has 0 saturated carbocycles. The minimum Gasteiger partial charge on any atom is -1.00 e. The van der Waals surface area contributed by atoms with E-state index in [1.54, 1.807) is 0 Å². The molecule has 0 amide bonds. The van der Waals surface area contributed by atoms with Crippen molar-refractivity contribution in [2.75, 3.05) is 0 Å². The van der Waals surface area contributed by atoms with Gasteiger partial charge in [0.05, 0.1) is 0 Å². The summed E-state index contributed by atoms with van der Waals surface area (Å²) in [5.41, 5.74) is 14.5. The standard InChI is InChI=1S/C44H47.2ClH.Zr/c1-28-23-36(38(24-28)43(5,6)7)40-35-26-31-25-32(42(2,3)4)21-22-33(31)34(35)27-37(41(40)44(8,9)10)39(29-17-13-11-14-18-29)30-19-15-12-16-20-30;;;/h11-25,27,38H,1-10H3;2*1H;/q-1;;;+3/p-2. The van der Waals surface area contributed by atoms with Gasteiger partial charge in [-0.3, -0.25) is 0 Å². The fraction of sp³-hybridized carbons (Fsp3) is 0.318. The summed E-state index contributed by atoms with van der Waals surface area (Å²) in [4.78, 5) is 0. The summed E-state index contributed by atoms with van der Waals surface area (Å²) in [5.74, 6) is 0.315. The van der Waals surface area contributed by atoms with Gasteiger partial charge in [-0.05, 0) is 45.1 Å². The third-order valence-electron chi connectivity index (χ3n) is 9.28. The van der Waals surface area contributed by atoms with Gasteiger partial charge in [-0.15, -0.1) is 34.1 Å². The largest absolute Gasteiger partial charge is 3.00 e. The van der Waals surface area contributed by atoms with Crippen molar-refractivity contribution in [3.05, 3.63) is 146 Å². The van der Waals surface area contributed by atoms with Gasteiger partial charge >= 0.3 is 26.2 Å². The number of hydrogen-bond acceptors (Lipinski definition) is 0. The van der Waals surface area contributed by atoms with E-state index >= 15 is 0 Å². The maximum Gasteiger partial charge on any atom is 3.00 e. The molecule has 0 heterocycles. The summed E-state index contributed by atoms with van der Waals surface area (Å²) in [6, 6.07) is 31.5. The fourth-order valence-electron chi connectivity index (χ4n) is 7.14. The first-order valence-electron chi connectivity index (χ1n) is 16.2. The normalized spacial score (nSPS) is 15.1. The molecule has 4 aromatic rings. The van der Waals surface area contributed by atoms with Crippen LogP contribution in [0.4, 0.5) is 0 Å². The first kappa shape index (κ1) is 39.0. The zero-order chi connectivity index (χ0) is 31.6. The molecule has 0 N–H and O–H groups in total. The third kappa shape index (κ3) is 7.44. The molecule has 1 atom stereocenters. The topological polar surface area (TPSA) is 0 Å². The Hall–Kier alpha value is -2.44. The maximum absolute atomic E-state index is 4.01. The molecule has 0 saturated heterocycles. The van der Waals surface area contributed by atoms with Crippen LogP contribution in [0, 0.1) is 11.3 Å². The SMILES string of the molecule is CC1=CC(C(C)(C)C)C(c2c(C(C)(C)C)c(=C(c3ccccc3)c3ccccc3)cc3c2=[C-]c2cc(C(C)(C)C)ccc2-3)=C1.[Cl-].[Cl-].[Zr+3]. The van der Waals surface area contributed by atoms with Crippen LogP contribution in [0.3, 0.4) is 0 Å². The minimum atomic E-state index is -0.124. The number of rotatable bonds is 3. The van der Waals surface area contributed by atoms with Crippen LogP contribution in [0.25, 0.3) is 28.3 Å². The van der Waals surface area contributed by atoms with E-state index in [1.807, 2.05) is 0 Å². The number of benzene rings is 4. The second-order valence-corrected chi connectivity index (χ2v) is 15.9. The Labute approximate surface area is 315 Å². The van der Waals surface area contributed by atoms with Gasteiger partial charge in [0.1, 0.15) is 0 Å². The maximum atomic E-state index is 4.01. The molecular weight excluding hydrogens is 691 g/mol. The molecular formula is C44H47Cl2Zr. The average molecular weight is 738 g/mol. The van der Waals surface area contributed by atoms with Gasteiger partial charge in [-0.25, -0.2) is 0 Å². The zero-order valence-corrected chi connectivity index (χ0v) is 33.5. The Kier molecular flexibility index (Phi) is 11.8. The van der Waals surface area contributed by atoms with Crippen molar-refractivity contribution < 1.29 is 51.0 Å². The van der Waals surface area contributed by atoms with Gasteiger partial charge in [0.2, 0.25) is 0 Å². The molecule has 1 unspecified atom stereocenters. The number of halogens is 2. The van der Waals surface area contributed by atoms with E-state index in [4.69, 9.17) is 0 Å². The Balaban J connectivity index is 0.00000200. The summed E-state index contributed by atoms with van der Waals surface area (Å²) < 4.78 is 0. The molecule has 6 rings (SSSR count). The van der Waals surface area contributed by atoms with Crippen LogP contribution in [0.5, 0.6) is 0 Å². The molecule has 0 spiro atoms. The predicted octanol–water partition coefficient (Wildman–Crippen LogP) is 4.23. The van der Waals surface area contributed by atoms with Crippen LogP contribution < -0.4 is 35.3 Å². The number of allylic oxidation sites excluding steroid dienone is 4. The van der Waals surface area contributed by atoms with Gasteiger partial charge in [-0.2, -0.15) is 0 Å². The molecule has 0 nitrogen and oxygen atoms in total. The molecule has 2 aliphatic carbocycles. The van der Waals surface area contributed by atoms with E-state index in [0.717, 1.165) is 0 Å². The van der Waals surface area contributed by atoms with Gasteiger partial charge in [0, 0.05) is 5.92 Å². The summed E-state index contributed by atoms with van der Waals surface area (Å²) in [6.07, 6.45) is 8.95. The van der Waals surface area contributed by atoms with E-state index in [0.29, 0.717) is 5.92 Å². The first-order valence-corrected chi connectivity index (χ1v) is 16.2. The van der Waals surface area contributed by atoms with Crippen LogP contribution in [-0.4, -0.2) is 0 Å². The average Bonchev–Trinajstić information content (AvgIpc) is 3.53. The minimum absolute atomic E-state index is 0. The van der Waals surface area contributed by atoms with E-state index < -0.39 is 0 Å². The van der Waals surface area contributed by atoms with Crippen LogP contribution >= 0.6 is 0 Å². The monoisotopic (exact) mass is 735 g/mol. The molecule has 47 heavy (non-hydrogen) atoms. The van der Waals surface area contributed by atoms with Crippen LogP contribution in [0.1, 0.15) is 103 Å². The summed E-state index contributed by atoms with van der Waals surface area (Å²) in [7, 11) is 0. The van der Waals surface area contributed by atoms with Crippen molar-refractivity contribution in [3.8, 4) is 11.1 Å². The van der Waals surface area contributed by atoms with Gasteiger partial charge in [-0.1, -0.05) is 181 Å². The molecule has 0 bridgehead atoms. The van der Waals surface area contributed by atoms with Crippen LogP contribution in [0.2, 0.25) is 0 Å². The first-order chi connectivity index (χ1) is 20.6. The third-order valence-corrected chi connectivity index (χ3v) is 9.28. The Morgan fingerprint density at radius 3 is 1.70 bits per heavy atom. The smallest absolute Gasteiger partial charge is 1.00 e. The Bertz CT molecular complexity index is 1900. The van der Waals surface area contributed by atoms with E-state index in [1.165, 1.54) is 71.7 Å². The summed E-state index contributed by atoms with van der Waals surface area (Å²) in [6.45, 7) is 23.4. The van der Waals surface area contributed by atoms with E-state index in [9.17, 15) is 0 Å². The zero-order valence-electron chi connectivity index (χ0n) is 29.6. The van der Waals surface area contributed by atoms with Crippen molar-refractivity contribution in [2.24, 2.45) is 11.3 Å². The predicted molar refractivity (Wildman–Crippen MR) is 190 cm³/mol. The second kappa shape index (κ2) is 14.2. The fourth-order valence-corrected chi connectivity index (χ4v) is 7.14. The molecule has 2 aliphatic rings. The molecule has 241 valence electrons. The van der Waals surface area contributed by atoms with Crippen molar-refractivity contribution in [1.82, 2.24) is 0 Å². The van der Waals surface area contributed by atoms with Crippen molar-refractivity contribution >= 4 is 17.2 Å².